The number of anilines is 3. The SMILES string of the molecule is CC1(C)c2ccccc2-c2ccc(N(c3cc(-c4ccccc4)cc(-c4ccc(-c5ccccc5)cc4)c3)c3cccc4c3oc3ccccc34)cc21. The third-order valence-electron chi connectivity index (χ3n) is 11.1. The standard InChI is InChI=1S/C51H37NO/c1-51(2)46-21-11-9-18-42(46)43-29-28-40(33-47(43)51)52(48-22-13-20-45-44-19-10-12-23-49(44)53-50(45)48)41-31-38(35-16-7-4-8-17-35)30-39(32-41)37-26-24-36(25-27-37)34-14-5-3-6-15-34/h3-33H,1-2H3. The van der Waals surface area contributed by atoms with Gasteiger partial charge >= 0.3 is 0 Å². The Morgan fingerprint density at radius 1 is 0.396 bits per heavy atom. The van der Waals surface area contributed by atoms with Gasteiger partial charge in [0.15, 0.2) is 5.58 Å². The second kappa shape index (κ2) is 12.3. The molecule has 0 fully saturated rings. The van der Waals surface area contributed by atoms with E-state index in [0.29, 0.717) is 0 Å². The number of hydrogen-bond acceptors (Lipinski definition) is 2. The molecule has 8 aromatic carbocycles. The second-order valence-corrected chi connectivity index (χ2v) is 14.6. The van der Waals surface area contributed by atoms with Crippen LogP contribution in [0.5, 0.6) is 0 Å². The summed E-state index contributed by atoms with van der Waals surface area (Å²) in [6.07, 6.45) is 0. The average molecular weight is 680 g/mol. The fraction of sp³-hybridized carbons (Fsp3) is 0.0588. The topological polar surface area (TPSA) is 16.4 Å². The van der Waals surface area contributed by atoms with Gasteiger partial charge in [0.25, 0.3) is 0 Å². The fourth-order valence-corrected chi connectivity index (χ4v) is 8.36. The van der Waals surface area contributed by atoms with Crippen molar-refractivity contribution in [2.24, 2.45) is 0 Å². The van der Waals surface area contributed by atoms with Crippen LogP contribution in [-0.4, -0.2) is 0 Å². The van der Waals surface area contributed by atoms with Crippen molar-refractivity contribution in [2.75, 3.05) is 4.90 Å². The van der Waals surface area contributed by atoms with Gasteiger partial charge in [0.2, 0.25) is 0 Å². The Balaban J connectivity index is 1.22. The van der Waals surface area contributed by atoms with Crippen molar-refractivity contribution < 1.29 is 4.42 Å². The molecule has 1 heterocycles. The number of benzene rings is 8. The summed E-state index contributed by atoms with van der Waals surface area (Å²) in [6, 6.07) is 67.9. The summed E-state index contributed by atoms with van der Waals surface area (Å²) in [7, 11) is 0. The summed E-state index contributed by atoms with van der Waals surface area (Å²) in [5, 5.41) is 2.22. The van der Waals surface area contributed by atoms with Crippen molar-refractivity contribution in [1.82, 2.24) is 0 Å². The molecular formula is C51H37NO. The second-order valence-electron chi connectivity index (χ2n) is 14.6. The fourth-order valence-electron chi connectivity index (χ4n) is 8.36. The number of hydrogen-bond donors (Lipinski definition) is 0. The Morgan fingerprint density at radius 3 is 1.70 bits per heavy atom. The number of fused-ring (bicyclic) bond motifs is 6. The summed E-state index contributed by atoms with van der Waals surface area (Å²) in [5.74, 6) is 0. The molecule has 0 saturated heterocycles. The zero-order chi connectivity index (χ0) is 35.5. The predicted molar refractivity (Wildman–Crippen MR) is 222 cm³/mol. The average Bonchev–Trinajstić information content (AvgIpc) is 3.71. The van der Waals surface area contributed by atoms with Crippen molar-refractivity contribution in [3.05, 3.63) is 199 Å². The molecule has 0 N–H and O–H groups in total. The third-order valence-corrected chi connectivity index (χ3v) is 11.1. The maximum absolute atomic E-state index is 6.74. The van der Waals surface area contributed by atoms with E-state index < -0.39 is 0 Å². The molecule has 1 aromatic heterocycles. The lowest BCUT2D eigenvalue weighted by Crippen LogP contribution is -2.16. The zero-order valence-corrected chi connectivity index (χ0v) is 29.8. The largest absolute Gasteiger partial charge is 0.454 e. The van der Waals surface area contributed by atoms with E-state index in [2.05, 4.69) is 201 Å². The minimum Gasteiger partial charge on any atom is -0.454 e. The molecule has 10 rings (SSSR count). The van der Waals surface area contributed by atoms with Crippen LogP contribution in [0.3, 0.4) is 0 Å². The molecule has 53 heavy (non-hydrogen) atoms. The lowest BCUT2D eigenvalue weighted by molar-refractivity contribution is 0.660. The molecule has 2 heteroatoms. The highest BCUT2D eigenvalue weighted by Crippen LogP contribution is 2.51. The molecule has 0 spiro atoms. The van der Waals surface area contributed by atoms with Crippen LogP contribution in [0.15, 0.2) is 192 Å². The summed E-state index contributed by atoms with van der Waals surface area (Å²) < 4.78 is 6.74. The van der Waals surface area contributed by atoms with Crippen LogP contribution in [-0.2, 0) is 5.41 Å². The monoisotopic (exact) mass is 679 g/mol. The molecule has 9 aromatic rings. The third kappa shape index (κ3) is 5.18. The first-order valence-electron chi connectivity index (χ1n) is 18.3. The van der Waals surface area contributed by atoms with Gasteiger partial charge in [-0.2, -0.15) is 0 Å². The normalized spacial score (nSPS) is 12.9. The van der Waals surface area contributed by atoms with Gasteiger partial charge in [-0.05, 0) is 98.1 Å². The Labute approximate surface area is 310 Å². The highest BCUT2D eigenvalue weighted by molar-refractivity contribution is 6.10. The predicted octanol–water partition coefficient (Wildman–Crippen LogP) is 14.4. The molecule has 0 aliphatic heterocycles. The molecule has 252 valence electrons. The van der Waals surface area contributed by atoms with Gasteiger partial charge in [-0.15, -0.1) is 0 Å². The Kier molecular flexibility index (Phi) is 7.19. The summed E-state index contributed by atoms with van der Waals surface area (Å²) in [6.45, 7) is 4.69. The highest BCUT2D eigenvalue weighted by atomic mass is 16.3. The van der Waals surface area contributed by atoms with Gasteiger partial charge in [0.05, 0.1) is 5.69 Å². The molecule has 0 unspecified atom stereocenters. The lowest BCUT2D eigenvalue weighted by atomic mass is 9.82. The minimum absolute atomic E-state index is 0.142. The molecule has 1 aliphatic carbocycles. The highest BCUT2D eigenvalue weighted by Gasteiger charge is 2.36. The smallest absolute Gasteiger partial charge is 0.159 e. The maximum Gasteiger partial charge on any atom is 0.159 e. The van der Waals surface area contributed by atoms with Crippen LogP contribution in [0.1, 0.15) is 25.0 Å². The van der Waals surface area contributed by atoms with Crippen molar-refractivity contribution in [3.8, 4) is 44.5 Å². The van der Waals surface area contributed by atoms with Gasteiger partial charge in [-0.1, -0.05) is 159 Å². The summed E-state index contributed by atoms with van der Waals surface area (Å²) in [4.78, 5) is 2.40. The minimum atomic E-state index is -0.142. The molecule has 0 atom stereocenters. The molecule has 0 amide bonds. The zero-order valence-electron chi connectivity index (χ0n) is 29.8. The van der Waals surface area contributed by atoms with E-state index in [1.807, 2.05) is 6.07 Å². The van der Waals surface area contributed by atoms with E-state index in [0.717, 1.165) is 55.7 Å². The van der Waals surface area contributed by atoms with Crippen molar-refractivity contribution in [3.63, 3.8) is 0 Å². The number of para-hydroxylation sites is 2. The first-order valence-corrected chi connectivity index (χ1v) is 18.3. The van der Waals surface area contributed by atoms with Gasteiger partial charge in [0, 0.05) is 27.6 Å². The van der Waals surface area contributed by atoms with Gasteiger partial charge < -0.3 is 9.32 Å². The van der Waals surface area contributed by atoms with E-state index in [1.165, 1.54) is 38.9 Å². The van der Waals surface area contributed by atoms with E-state index >= 15 is 0 Å². The van der Waals surface area contributed by atoms with Crippen LogP contribution in [0.2, 0.25) is 0 Å². The molecule has 0 radical (unpaired) electrons. The van der Waals surface area contributed by atoms with E-state index in [-0.39, 0.29) is 5.41 Å². The van der Waals surface area contributed by atoms with E-state index in [1.54, 1.807) is 0 Å². The van der Waals surface area contributed by atoms with Gasteiger partial charge in [-0.25, -0.2) is 0 Å². The Morgan fingerprint density at radius 2 is 0.962 bits per heavy atom. The van der Waals surface area contributed by atoms with Crippen molar-refractivity contribution in [1.29, 1.82) is 0 Å². The first kappa shape index (κ1) is 31.1. The molecule has 0 saturated carbocycles. The molecule has 0 bridgehead atoms. The summed E-state index contributed by atoms with van der Waals surface area (Å²) >= 11 is 0. The van der Waals surface area contributed by atoms with Crippen LogP contribution >= 0.6 is 0 Å². The van der Waals surface area contributed by atoms with Crippen molar-refractivity contribution >= 4 is 39.0 Å². The maximum atomic E-state index is 6.74. The number of furan rings is 1. The number of rotatable bonds is 6. The molecule has 1 aliphatic rings. The van der Waals surface area contributed by atoms with Crippen LogP contribution in [0, 0.1) is 0 Å². The van der Waals surface area contributed by atoms with E-state index in [4.69, 9.17) is 4.42 Å². The van der Waals surface area contributed by atoms with Crippen LogP contribution in [0.25, 0.3) is 66.4 Å². The van der Waals surface area contributed by atoms with Gasteiger partial charge in [-0.3, -0.25) is 0 Å². The summed E-state index contributed by atoms with van der Waals surface area (Å²) in [5.41, 5.74) is 17.1. The van der Waals surface area contributed by atoms with Gasteiger partial charge in [0.1, 0.15) is 5.58 Å². The quantitative estimate of drug-likeness (QED) is 0.174. The van der Waals surface area contributed by atoms with Crippen molar-refractivity contribution in [2.45, 2.75) is 19.3 Å². The molecular weight excluding hydrogens is 643 g/mol. The van der Waals surface area contributed by atoms with Crippen LogP contribution in [0.4, 0.5) is 17.1 Å². The van der Waals surface area contributed by atoms with Crippen LogP contribution < -0.4 is 4.90 Å². The molecule has 2 nitrogen and oxygen atoms in total. The first-order chi connectivity index (χ1) is 26.0. The number of nitrogens with zero attached hydrogens (tertiary/aromatic N) is 1. The Hall–Kier alpha value is -6.64. The lowest BCUT2D eigenvalue weighted by Gasteiger charge is -2.29. The van der Waals surface area contributed by atoms with E-state index in [9.17, 15) is 0 Å². The Bertz CT molecular complexity index is 2790.